The van der Waals surface area contributed by atoms with E-state index in [1.165, 1.54) is 12.0 Å². The van der Waals surface area contributed by atoms with Crippen molar-refractivity contribution < 1.29 is 9.47 Å². The van der Waals surface area contributed by atoms with E-state index < -0.39 is 0 Å². The highest BCUT2D eigenvalue weighted by molar-refractivity contribution is 9.08. The van der Waals surface area contributed by atoms with E-state index in [4.69, 9.17) is 9.47 Å². The van der Waals surface area contributed by atoms with Gasteiger partial charge in [-0.3, -0.25) is 0 Å². The third kappa shape index (κ3) is 4.89. The van der Waals surface area contributed by atoms with E-state index in [9.17, 15) is 0 Å². The summed E-state index contributed by atoms with van der Waals surface area (Å²) in [5, 5.41) is 0.828. The first-order chi connectivity index (χ1) is 8.56. The van der Waals surface area contributed by atoms with Crippen molar-refractivity contribution in [2.45, 2.75) is 32.5 Å². The molecule has 0 aliphatic heterocycles. The summed E-state index contributed by atoms with van der Waals surface area (Å²) in [5.41, 5.74) is 1.20. The van der Waals surface area contributed by atoms with Crippen LogP contribution in [0.15, 0.2) is 18.2 Å². The van der Waals surface area contributed by atoms with E-state index in [0.29, 0.717) is 11.8 Å². The largest absolute Gasteiger partial charge is 0.493 e. The summed E-state index contributed by atoms with van der Waals surface area (Å²) in [6.07, 6.45) is 1.18. The van der Waals surface area contributed by atoms with E-state index in [1.54, 1.807) is 7.11 Å². The Morgan fingerprint density at radius 1 is 1.17 bits per heavy atom. The lowest BCUT2D eigenvalue weighted by molar-refractivity contribution is 0.229. The zero-order chi connectivity index (χ0) is 13.5. The fraction of sp³-hybridized carbons (Fsp3) is 0.600. The molecular formula is C15H23BrO2. The van der Waals surface area contributed by atoms with E-state index in [2.05, 4.69) is 36.7 Å². The smallest absolute Gasteiger partial charge is 0.161 e. The minimum Gasteiger partial charge on any atom is -0.493 e. The van der Waals surface area contributed by atoms with Gasteiger partial charge in [-0.1, -0.05) is 42.8 Å². The molecule has 2 nitrogen and oxygen atoms in total. The first-order valence-electron chi connectivity index (χ1n) is 6.42. The summed E-state index contributed by atoms with van der Waals surface area (Å²) in [6, 6.07) is 6.03. The Morgan fingerprint density at radius 2 is 1.89 bits per heavy atom. The second-order valence-electron chi connectivity index (χ2n) is 5.16. The van der Waals surface area contributed by atoms with Crippen molar-refractivity contribution in [3.63, 3.8) is 0 Å². The molecule has 1 rings (SSSR count). The maximum absolute atomic E-state index is 5.89. The molecular weight excluding hydrogens is 292 g/mol. The summed E-state index contributed by atoms with van der Waals surface area (Å²) < 4.78 is 11.2. The normalized spacial score (nSPS) is 12.6. The van der Waals surface area contributed by atoms with Gasteiger partial charge in [0.2, 0.25) is 0 Å². The lowest BCUT2D eigenvalue weighted by Crippen LogP contribution is -2.11. The quantitative estimate of drug-likeness (QED) is 0.682. The molecule has 0 fully saturated rings. The van der Waals surface area contributed by atoms with Gasteiger partial charge < -0.3 is 9.47 Å². The van der Waals surface area contributed by atoms with Crippen LogP contribution in [0.25, 0.3) is 0 Å². The minimum absolute atomic E-state index is 0.558. The third-order valence-electron chi connectivity index (χ3n) is 2.78. The van der Waals surface area contributed by atoms with Crippen LogP contribution >= 0.6 is 15.9 Å². The molecule has 0 amide bonds. The first kappa shape index (κ1) is 15.4. The highest BCUT2D eigenvalue weighted by Crippen LogP contribution is 2.29. The number of benzene rings is 1. The van der Waals surface area contributed by atoms with Gasteiger partial charge in [0.15, 0.2) is 11.5 Å². The molecule has 0 saturated carbocycles. The monoisotopic (exact) mass is 314 g/mol. The second-order valence-corrected chi connectivity index (χ2v) is 5.73. The number of methoxy groups -OCH3 is 1. The predicted octanol–water partition coefficient (Wildman–Crippen LogP) is 4.65. The van der Waals surface area contributed by atoms with Crippen LogP contribution in [0.5, 0.6) is 11.5 Å². The number of ether oxygens (including phenoxy) is 2. The average molecular weight is 315 g/mol. The molecule has 18 heavy (non-hydrogen) atoms. The number of rotatable bonds is 7. The third-order valence-corrected chi connectivity index (χ3v) is 3.43. The van der Waals surface area contributed by atoms with E-state index in [0.717, 1.165) is 23.4 Å². The van der Waals surface area contributed by atoms with Crippen molar-refractivity contribution in [2.75, 3.05) is 13.7 Å². The van der Waals surface area contributed by atoms with Crippen LogP contribution in [0.3, 0.4) is 0 Å². The molecule has 0 N–H and O–H groups in total. The van der Waals surface area contributed by atoms with Crippen molar-refractivity contribution in [1.29, 1.82) is 0 Å². The predicted molar refractivity (Wildman–Crippen MR) is 79.7 cm³/mol. The van der Waals surface area contributed by atoms with E-state index in [1.807, 2.05) is 18.2 Å². The molecule has 1 atom stereocenters. The standard InChI is InChI=1S/C15H23BrO2/c1-11(2)7-12(3)10-18-15-8-13(9-16)5-6-14(15)17-4/h5-6,8,11-12H,7,9-10H2,1-4H3. The molecule has 0 aromatic heterocycles. The SMILES string of the molecule is COc1ccc(CBr)cc1OCC(C)CC(C)C. The van der Waals surface area contributed by atoms with Crippen LogP contribution in [-0.4, -0.2) is 13.7 Å². The molecule has 0 aliphatic rings. The molecule has 3 heteroatoms. The highest BCUT2D eigenvalue weighted by atomic mass is 79.9. The van der Waals surface area contributed by atoms with Crippen molar-refractivity contribution in [3.05, 3.63) is 23.8 Å². The molecule has 102 valence electrons. The molecule has 1 aromatic carbocycles. The lowest BCUT2D eigenvalue weighted by Gasteiger charge is -2.17. The second kappa shape index (κ2) is 7.67. The zero-order valence-electron chi connectivity index (χ0n) is 11.7. The Labute approximate surface area is 119 Å². The molecule has 0 saturated heterocycles. The van der Waals surface area contributed by atoms with Crippen LogP contribution in [0.1, 0.15) is 32.8 Å². The number of alkyl halides is 1. The summed E-state index contributed by atoms with van der Waals surface area (Å²) >= 11 is 3.45. The van der Waals surface area contributed by atoms with Crippen LogP contribution < -0.4 is 9.47 Å². The topological polar surface area (TPSA) is 18.5 Å². The van der Waals surface area contributed by atoms with Gasteiger partial charge in [-0.25, -0.2) is 0 Å². The summed E-state index contributed by atoms with van der Waals surface area (Å²) in [7, 11) is 1.67. The van der Waals surface area contributed by atoms with Gasteiger partial charge >= 0.3 is 0 Å². The molecule has 0 heterocycles. The number of hydrogen-bond acceptors (Lipinski definition) is 2. The van der Waals surface area contributed by atoms with Gasteiger partial charge in [0, 0.05) is 5.33 Å². The maximum atomic E-state index is 5.89. The van der Waals surface area contributed by atoms with Gasteiger partial charge in [0.25, 0.3) is 0 Å². The van der Waals surface area contributed by atoms with Crippen molar-refractivity contribution in [1.82, 2.24) is 0 Å². The number of hydrogen-bond donors (Lipinski definition) is 0. The van der Waals surface area contributed by atoms with Gasteiger partial charge in [-0.2, -0.15) is 0 Å². The molecule has 0 spiro atoms. The Bertz CT molecular complexity index is 364. The van der Waals surface area contributed by atoms with Crippen LogP contribution in [0.2, 0.25) is 0 Å². The van der Waals surface area contributed by atoms with Gasteiger partial charge in [0.05, 0.1) is 13.7 Å². The van der Waals surface area contributed by atoms with E-state index >= 15 is 0 Å². The Morgan fingerprint density at radius 3 is 2.44 bits per heavy atom. The van der Waals surface area contributed by atoms with Gasteiger partial charge in [-0.15, -0.1) is 0 Å². The summed E-state index contributed by atoms with van der Waals surface area (Å²) in [6.45, 7) is 7.44. The van der Waals surface area contributed by atoms with Gasteiger partial charge in [-0.05, 0) is 36.0 Å². The molecule has 0 aliphatic carbocycles. The van der Waals surface area contributed by atoms with Crippen molar-refractivity contribution in [2.24, 2.45) is 11.8 Å². The Balaban J connectivity index is 2.64. The summed E-state index contributed by atoms with van der Waals surface area (Å²) in [5.74, 6) is 2.91. The van der Waals surface area contributed by atoms with Crippen LogP contribution in [0.4, 0.5) is 0 Å². The maximum Gasteiger partial charge on any atom is 0.161 e. The first-order valence-corrected chi connectivity index (χ1v) is 7.54. The molecule has 1 aromatic rings. The van der Waals surface area contributed by atoms with Crippen molar-refractivity contribution >= 4 is 15.9 Å². The minimum atomic E-state index is 0.558. The van der Waals surface area contributed by atoms with E-state index in [-0.39, 0.29) is 0 Å². The fourth-order valence-corrected chi connectivity index (χ4v) is 2.37. The lowest BCUT2D eigenvalue weighted by atomic mass is 10.00. The fourth-order valence-electron chi connectivity index (χ4n) is 2.02. The molecule has 0 radical (unpaired) electrons. The average Bonchev–Trinajstić information content (AvgIpc) is 2.35. The highest BCUT2D eigenvalue weighted by Gasteiger charge is 2.09. The van der Waals surface area contributed by atoms with Crippen molar-refractivity contribution in [3.8, 4) is 11.5 Å². The Hall–Kier alpha value is -0.700. The summed E-state index contributed by atoms with van der Waals surface area (Å²) in [4.78, 5) is 0. The zero-order valence-corrected chi connectivity index (χ0v) is 13.3. The number of halogens is 1. The van der Waals surface area contributed by atoms with Crippen LogP contribution in [0, 0.1) is 11.8 Å². The Kier molecular flexibility index (Phi) is 6.55. The molecule has 1 unspecified atom stereocenters. The van der Waals surface area contributed by atoms with Gasteiger partial charge in [0.1, 0.15) is 0 Å². The molecule has 0 bridgehead atoms. The van der Waals surface area contributed by atoms with Crippen LogP contribution in [-0.2, 0) is 5.33 Å².